The molecule has 5 rings (SSSR count). The van der Waals surface area contributed by atoms with Crippen LogP contribution in [0.5, 0.6) is 5.75 Å². The number of aliphatic carboxylic acids is 1. The Kier molecular flexibility index (Phi) is 7.16. The second kappa shape index (κ2) is 10.7. The van der Waals surface area contributed by atoms with Crippen LogP contribution >= 0.6 is 0 Å². The molecule has 2 heterocycles. The van der Waals surface area contributed by atoms with Crippen molar-refractivity contribution in [1.29, 1.82) is 5.26 Å². The molecule has 3 N–H and O–H groups in total. The maximum absolute atomic E-state index is 13.4. The highest BCUT2D eigenvalue weighted by molar-refractivity contribution is 5.98. The van der Waals surface area contributed by atoms with E-state index in [1.54, 1.807) is 24.3 Å². The molecule has 1 spiro atoms. The van der Waals surface area contributed by atoms with Crippen molar-refractivity contribution in [1.82, 2.24) is 5.32 Å². The number of carboxylic acid groups (broad SMARTS) is 1. The summed E-state index contributed by atoms with van der Waals surface area (Å²) in [5, 5.41) is 24.3. The van der Waals surface area contributed by atoms with Crippen molar-refractivity contribution in [2.24, 2.45) is 5.92 Å². The van der Waals surface area contributed by atoms with Gasteiger partial charge >= 0.3 is 5.97 Å². The van der Waals surface area contributed by atoms with Crippen LogP contribution in [0.3, 0.4) is 0 Å². The first-order chi connectivity index (χ1) is 18.4. The molecule has 0 unspecified atom stereocenters. The largest absolute Gasteiger partial charge is 0.493 e. The molecule has 0 aromatic heterocycles. The molecule has 3 aliphatic rings. The van der Waals surface area contributed by atoms with Gasteiger partial charge in [0.1, 0.15) is 5.75 Å². The molecule has 2 fully saturated rings. The Balaban J connectivity index is 1.34. The molecular weight excluding hydrogens is 486 g/mol. The molecule has 196 valence electrons. The van der Waals surface area contributed by atoms with Gasteiger partial charge in [0.2, 0.25) is 5.91 Å². The van der Waals surface area contributed by atoms with Crippen LogP contribution in [0.15, 0.2) is 48.6 Å². The Bertz CT molecular complexity index is 1340. The number of nitriles is 1. The van der Waals surface area contributed by atoms with Crippen molar-refractivity contribution in [3.8, 4) is 11.8 Å². The van der Waals surface area contributed by atoms with Crippen LogP contribution in [-0.2, 0) is 26.2 Å². The van der Waals surface area contributed by atoms with Crippen molar-refractivity contribution >= 4 is 23.5 Å². The lowest BCUT2D eigenvalue weighted by Gasteiger charge is -2.28. The molecule has 1 saturated heterocycles. The van der Waals surface area contributed by atoms with Crippen LogP contribution < -0.4 is 15.4 Å². The van der Waals surface area contributed by atoms with Gasteiger partial charge < -0.3 is 25.2 Å². The van der Waals surface area contributed by atoms with Gasteiger partial charge in [-0.15, -0.1) is 0 Å². The zero-order valence-electron chi connectivity index (χ0n) is 20.9. The molecule has 2 amide bonds. The third-order valence-electron chi connectivity index (χ3n) is 7.63. The summed E-state index contributed by atoms with van der Waals surface area (Å²) in [6, 6.07) is 12.5. The number of carbonyl (C=O) groups is 3. The Morgan fingerprint density at radius 1 is 1.13 bits per heavy atom. The van der Waals surface area contributed by atoms with Gasteiger partial charge in [-0.2, -0.15) is 5.26 Å². The van der Waals surface area contributed by atoms with Crippen LogP contribution in [0.2, 0.25) is 0 Å². The van der Waals surface area contributed by atoms with Crippen molar-refractivity contribution in [2.75, 3.05) is 25.1 Å². The van der Waals surface area contributed by atoms with Gasteiger partial charge in [0.25, 0.3) is 5.91 Å². The number of allylic oxidation sites excluding steroid dienone is 1. The molecule has 0 bridgehead atoms. The molecule has 2 aromatic carbocycles. The number of fused-ring (bicyclic) bond motifs is 2. The summed E-state index contributed by atoms with van der Waals surface area (Å²) >= 11 is 0. The molecule has 2 atom stereocenters. The fourth-order valence-electron chi connectivity index (χ4n) is 5.44. The third kappa shape index (κ3) is 5.27. The van der Waals surface area contributed by atoms with E-state index in [4.69, 9.17) is 14.6 Å². The third-order valence-corrected chi connectivity index (χ3v) is 7.63. The average molecular weight is 516 g/mol. The Morgan fingerprint density at radius 3 is 2.71 bits per heavy atom. The number of nitrogens with one attached hydrogen (secondary N) is 2. The summed E-state index contributed by atoms with van der Waals surface area (Å²) in [5.41, 5.74) is 2.60. The lowest BCUT2D eigenvalue weighted by Crippen LogP contribution is -2.39. The molecule has 1 saturated carbocycles. The Labute approximate surface area is 220 Å². The van der Waals surface area contributed by atoms with Gasteiger partial charge in [-0.1, -0.05) is 12.1 Å². The molecule has 0 radical (unpaired) electrons. The van der Waals surface area contributed by atoms with Crippen molar-refractivity contribution in [3.05, 3.63) is 70.8 Å². The first-order valence-electron chi connectivity index (χ1n) is 12.8. The SMILES string of the molecule is N#Cc1ccc(CC=CC(=O)O)c(NC(=O)[C@@H]2C[C@]23CCOc2ccc(C(=O)NC4CCOCC4)cc23)c1. The van der Waals surface area contributed by atoms with Gasteiger partial charge in [-0.05, 0) is 68.0 Å². The normalized spacial score (nSPS) is 22.2. The van der Waals surface area contributed by atoms with Gasteiger partial charge in [-0.3, -0.25) is 9.59 Å². The first-order valence-corrected chi connectivity index (χ1v) is 12.8. The molecule has 2 aromatic rings. The zero-order chi connectivity index (χ0) is 26.7. The summed E-state index contributed by atoms with van der Waals surface area (Å²) in [4.78, 5) is 37.3. The molecule has 9 heteroatoms. The lowest BCUT2D eigenvalue weighted by molar-refractivity contribution is -0.131. The number of carboxylic acids is 1. The number of rotatable bonds is 7. The van der Waals surface area contributed by atoms with E-state index in [1.807, 2.05) is 12.1 Å². The second-order valence-electron chi connectivity index (χ2n) is 10.0. The van der Waals surface area contributed by atoms with E-state index >= 15 is 0 Å². The van der Waals surface area contributed by atoms with Crippen LogP contribution in [0, 0.1) is 17.2 Å². The maximum atomic E-state index is 13.4. The smallest absolute Gasteiger partial charge is 0.327 e. The fraction of sp³-hybridized carbons (Fsp3) is 0.379. The maximum Gasteiger partial charge on any atom is 0.327 e. The van der Waals surface area contributed by atoms with Gasteiger partial charge in [0.15, 0.2) is 0 Å². The lowest BCUT2D eigenvalue weighted by atomic mass is 9.86. The summed E-state index contributed by atoms with van der Waals surface area (Å²) in [5.74, 6) is -0.988. The van der Waals surface area contributed by atoms with Crippen LogP contribution in [0.4, 0.5) is 5.69 Å². The predicted octanol–water partition coefficient (Wildman–Crippen LogP) is 3.33. The number of benzene rings is 2. The Morgan fingerprint density at radius 2 is 1.95 bits per heavy atom. The van der Waals surface area contributed by atoms with E-state index in [0.717, 1.165) is 24.5 Å². The van der Waals surface area contributed by atoms with E-state index in [2.05, 4.69) is 16.7 Å². The van der Waals surface area contributed by atoms with Gasteiger partial charge in [0.05, 0.1) is 18.2 Å². The quantitative estimate of drug-likeness (QED) is 0.481. The van der Waals surface area contributed by atoms with Gasteiger partial charge in [-0.25, -0.2) is 4.79 Å². The van der Waals surface area contributed by atoms with E-state index in [-0.39, 0.29) is 23.8 Å². The number of nitrogens with zero attached hydrogens (tertiary/aromatic N) is 1. The number of carbonyl (C=O) groups excluding carboxylic acids is 2. The minimum Gasteiger partial charge on any atom is -0.493 e. The standard InChI is InChI=1S/C29H29N3O6/c30-17-18-4-5-19(2-1-3-26(33)34)24(14-18)32-28(36)23-16-29(23)10-13-38-25-7-6-20(15-22(25)29)27(35)31-21-8-11-37-12-9-21/h1,3-7,14-15,21,23H,2,8-13,16H2,(H,31,35)(H,32,36)(H,33,34)/t23-,29-/m0/s1. The fourth-order valence-corrected chi connectivity index (χ4v) is 5.44. The summed E-state index contributed by atoms with van der Waals surface area (Å²) < 4.78 is 11.2. The van der Waals surface area contributed by atoms with Crippen LogP contribution in [-0.4, -0.2) is 48.8 Å². The zero-order valence-corrected chi connectivity index (χ0v) is 20.9. The average Bonchev–Trinajstić information content (AvgIpc) is 3.64. The van der Waals surface area contributed by atoms with Crippen LogP contribution in [0.1, 0.15) is 52.7 Å². The number of ether oxygens (including phenoxy) is 2. The molecular formula is C29H29N3O6. The summed E-state index contributed by atoms with van der Waals surface area (Å²) in [6.45, 7) is 1.76. The van der Waals surface area contributed by atoms with Crippen molar-refractivity contribution < 1.29 is 29.0 Å². The highest BCUT2D eigenvalue weighted by Crippen LogP contribution is 2.61. The highest BCUT2D eigenvalue weighted by Gasteiger charge is 2.61. The molecule has 2 aliphatic heterocycles. The minimum absolute atomic E-state index is 0.0839. The topological polar surface area (TPSA) is 138 Å². The number of anilines is 1. The van der Waals surface area contributed by atoms with E-state index in [9.17, 15) is 19.6 Å². The van der Waals surface area contributed by atoms with E-state index < -0.39 is 11.4 Å². The number of amides is 2. The molecule has 1 aliphatic carbocycles. The van der Waals surface area contributed by atoms with Crippen LogP contribution in [0.25, 0.3) is 0 Å². The van der Waals surface area contributed by atoms with Crippen molar-refractivity contribution in [3.63, 3.8) is 0 Å². The van der Waals surface area contributed by atoms with Crippen molar-refractivity contribution in [2.45, 2.75) is 43.6 Å². The predicted molar refractivity (Wildman–Crippen MR) is 138 cm³/mol. The number of hydrogen-bond donors (Lipinski definition) is 3. The summed E-state index contributed by atoms with van der Waals surface area (Å²) in [7, 11) is 0. The number of hydrogen-bond acceptors (Lipinski definition) is 6. The second-order valence-corrected chi connectivity index (χ2v) is 10.0. The monoisotopic (exact) mass is 515 g/mol. The minimum atomic E-state index is -1.05. The van der Waals surface area contributed by atoms with E-state index in [1.165, 1.54) is 6.08 Å². The Hall–Kier alpha value is -4.16. The molecule has 38 heavy (non-hydrogen) atoms. The van der Waals surface area contributed by atoms with Gasteiger partial charge in [0, 0.05) is 53.5 Å². The van der Waals surface area contributed by atoms with E-state index in [0.29, 0.717) is 67.2 Å². The first kappa shape index (κ1) is 25.5. The summed E-state index contributed by atoms with van der Waals surface area (Å²) in [6.07, 6.45) is 5.71. The highest BCUT2D eigenvalue weighted by atomic mass is 16.5. The molecule has 9 nitrogen and oxygen atoms in total.